The number of likely N-dealkylation sites (N-methyl/N-ethyl adjacent to an activating group) is 2. The van der Waals surface area contributed by atoms with Crippen LogP contribution in [-0.2, 0) is 0 Å². The fourth-order valence-electron chi connectivity index (χ4n) is 3.88. The first-order valence-corrected chi connectivity index (χ1v) is 12.6. The summed E-state index contributed by atoms with van der Waals surface area (Å²) >= 11 is 0. The van der Waals surface area contributed by atoms with Crippen LogP contribution in [0, 0.1) is 0 Å². The summed E-state index contributed by atoms with van der Waals surface area (Å²) in [5.41, 5.74) is 3.62. The van der Waals surface area contributed by atoms with Gasteiger partial charge in [0.15, 0.2) is 11.6 Å². The number of aromatic nitrogens is 2. The number of rotatable bonds is 8. The van der Waals surface area contributed by atoms with Gasteiger partial charge in [0, 0.05) is 35.2 Å². The minimum atomic E-state index is -0.104. The van der Waals surface area contributed by atoms with Gasteiger partial charge < -0.3 is 19.4 Å². The molecule has 0 spiro atoms. The SMILES string of the molecule is C/C=C\C.CCC(NC)C(=O)c1cccc2cccn12.CCC(NC)C(=O)c1ccn2cccc2c1. The van der Waals surface area contributed by atoms with Gasteiger partial charge in [0.2, 0.25) is 0 Å². The molecule has 0 aromatic carbocycles. The molecule has 2 unspecified atom stereocenters. The van der Waals surface area contributed by atoms with Crippen molar-refractivity contribution < 1.29 is 9.59 Å². The third kappa shape index (κ3) is 7.26. The van der Waals surface area contributed by atoms with Crippen molar-refractivity contribution in [1.29, 1.82) is 0 Å². The molecule has 36 heavy (non-hydrogen) atoms. The molecule has 0 saturated carbocycles. The lowest BCUT2D eigenvalue weighted by Gasteiger charge is -2.13. The maximum Gasteiger partial charge on any atom is 0.196 e. The van der Waals surface area contributed by atoms with E-state index in [1.807, 2.05) is 136 Å². The van der Waals surface area contributed by atoms with E-state index < -0.39 is 0 Å². The summed E-state index contributed by atoms with van der Waals surface area (Å²) in [6.07, 6.45) is 11.4. The molecular formula is C30H40N4O2. The lowest BCUT2D eigenvalue weighted by Crippen LogP contribution is -2.34. The van der Waals surface area contributed by atoms with Gasteiger partial charge in [-0.2, -0.15) is 0 Å². The molecule has 6 heteroatoms. The van der Waals surface area contributed by atoms with E-state index in [9.17, 15) is 9.59 Å². The van der Waals surface area contributed by atoms with Gasteiger partial charge in [0.1, 0.15) is 0 Å². The number of nitrogens with one attached hydrogen (secondary N) is 2. The molecule has 4 aromatic heterocycles. The standard InChI is InChI=1S/2C13H16N2O.C4H8/c1-3-11(14-2)13(16)12-8-4-6-10-7-5-9-15(10)12;1-3-12(14-2)13(16)10-6-8-15-7-4-5-11(15)9-10;1-3-4-2/h4-9,11,14H,3H2,1-2H3;4-9,12,14H,3H2,1-2H3;3-4H,1-2H3/b;;4-3-. The highest BCUT2D eigenvalue weighted by molar-refractivity contribution is 6.01. The van der Waals surface area contributed by atoms with E-state index in [2.05, 4.69) is 10.6 Å². The summed E-state index contributed by atoms with van der Waals surface area (Å²) in [5, 5.41) is 6.08. The summed E-state index contributed by atoms with van der Waals surface area (Å²) in [7, 11) is 3.64. The minimum absolute atomic E-state index is 0.0857. The fraction of sp³-hybridized carbons (Fsp3) is 0.333. The van der Waals surface area contributed by atoms with E-state index >= 15 is 0 Å². The Kier molecular flexibility index (Phi) is 11.8. The number of carbonyl (C=O) groups excluding carboxylic acids is 2. The van der Waals surface area contributed by atoms with E-state index in [0.717, 1.165) is 35.1 Å². The second kappa shape index (κ2) is 14.8. The molecule has 6 nitrogen and oxygen atoms in total. The lowest BCUT2D eigenvalue weighted by atomic mass is 10.0. The Balaban J connectivity index is 0.000000221. The Labute approximate surface area is 215 Å². The summed E-state index contributed by atoms with van der Waals surface area (Å²) in [6, 6.07) is 17.3. The average molecular weight is 489 g/mol. The maximum absolute atomic E-state index is 12.2. The highest BCUT2D eigenvalue weighted by Crippen LogP contribution is 2.12. The zero-order valence-electron chi connectivity index (χ0n) is 22.4. The van der Waals surface area contributed by atoms with Crippen molar-refractivity contribution in [3.63, 3.8) is 0 Å². The monoisotopic (exact) mass is 488 g/mol. The highest BCUT2D eigenvalue weighted by atomic mass is 16.1. The van der Waals surface area contributed by atoms with Crippen LogP contribution in [-0.4, -0.2) is 46.5 Å². The molecule has 2 atom stereocenters. The number of pyridine rings is 2. The van der Waals surface area contributed by atoms with Crippen molar-refractivity contribution in [3.05, 3.63) is 96.6 Å². The molecular weight excluding hydrogens is 448 g/mol. The lowest BCUT2D eigenvalue weighted by molar-refractivity contribution is 0.0934. The van der Waals surface area contributed by atoms with Gasteiger partial charge in [-0.05, 0) is 89.3 Å². The normalized spacial score (nSPS) is 12.5. The van der Waals surface area contributed by atoms with Crippen LogP contribution in [0.4, 0.5) is 0 Å². The fourth-order valence-corrected chi connectivity index (χ4v) is 3.88. The maximum atomic E-state index is 12.2. The van der Waals surface area contributed by atoms with Crippen LogP contribution in [0.2, 0.25) is 0 Å². The summed E-state index contributed by atoms with van der Waals surface area (Å²) < 4.78 is 3.93. The second-order valence-electron chi connectivity index (χ2n) is 8.36. The predicted molar refractivity (Wildman–Crippen MR) is 150 cm³/mol. The van der Waals surface area contributed by atoms with E-state index in [-0.39, 0.29) is 23.7 Å². The number of ketones is 2. The van der Waals surface area contributed by atoms with Crippen LogP contribution in [0.3, 0.4) is 0 Å². The molecule has 0 radical (unpaired) electrons. The molecule has 0 bridgehead atoms. The Hall–Kier alpha value is -3.48. The van der Waals surface area contributed by atoms with Gasteiger partial charge in [-0.25, -0.2) is 0 Å². The van der Waals surface area contributed by atoms with E-state index in [1.54, 1.807) is 0 Å². The molecule has 2 N–H and O–H groups in total. The average Bonchev–Trinajstić information content (AvgIpc) is 3.59. The van der Waals surface area contributed by atoms with E-state index in [0.29, 0.717) is 0 Å². The zero-order chi connectivity index (χ0) is 26.5. The quantitative estimate of drug-likeness (QED) is 0.242. The highest BCUT2D eigenvalue weighted by Gasteiger charge is 2.18. The molecule has 0 fully saturated rings. The van der Waals surface area contributed by atoms with Crippen LogP contribution < -0.4 is 10.6 Å². The van der Waals surface area contributed by atoms with Crippen molar-refractivity contribution in [1.82, 2.24) is 19.4 Å². The molecule has 4 aromatic rings. The van der Waals surface area contributed by atoms with Crippen LogP contribution in [0.1, 0.15) is 61.4 Å². The van der Waals surface area contributed by atoms with Crippen LogP contribution in [0.5, 0.6) is 0 Å². The number of nitrogens with zero attached hydrogens (tertiary/aromatic N) is 2. The number of Topliss-reactive ketones (excluding diaryl/α,β-unsaturated/α-hetero) is 2. The van der Waals surface area contributed by atoms with Gasteiger partial charge in [-0.3, -0.25) is 9.59 Å². The van der Waals surface area contributed by atoms with Gasteiger partial charge >= 0.3 is 0 Å². The molecule has 0 aliphatic heterocycles. The number of hydrogen-bond donors (Lipinski definition) is 2. The minimum Gasteiger partial charge on any atom is -0.324 e. The third-order valence-corrected chi connectivity index (χ3v) is 6.11. The summed E-state index contributed by atoms with van der Waals surface area (Å²) in [4.78, 5) is 24.3. The molecule has 0 aliphatic carbocycles. The topological polar surface area (TPSA) is 67.0 Å². The van der Waals surface area contributed by atoms with E-state index in [4.69, 9.17) is 0 Å². The van der Waals surface area contributed by atoms with Gasteiger partial charge in [0.25, 0.3) is 0 Å². The molecule has 4 heterocycles. The van der Waals surface area contributed by atoms with Gasteiger partial charge in [0.05, 0.1) is 17.8 Å². The molecule has 0 aliphatic rings. The third-order valence-electron chi connectivity index (χ3n) is 6.11. The van der Waals surface area contributed by atoms with Crippen molar-refractivity contribution in [3.8, 4) is 0 Å². The van der Waals surface area contributed by atoms with Gasteiger partial charge in [-0.1, -0.05) is 32.1 Å². The number of allylic oxidation sites excluding steroid dienone is 2. The summed E-state index contributed by atoms with van der Waals surface area (Å²) in [6.45, 7) is 8.02. The number of fused-ring (bicyclic) bond motifs is 2. The first-order chi connectivity index (χ1) is 17.4. The second-order valence-corrected chi connectivity index (χ2v) is 8.36. The first kappa shape index (κ1) is 28.8. The van der Waals surface area contributed by atoms with Crippen LogP contribution in [0.15, 0.2) is 85.3 Å². The largest absolute Gasteiger partial charge is 0.324 e. The van der Waals surface area contributed by atoms with Crippen LogP contribution >= 0.6 is 0 Å². The first-order valence-electron chi connectivity index (χ1n) is 12.6. The summed E-state index contributed by atoms with van der Waals surface area (Å²) in [5.74, 6) is 0.306. The Bertz CT molecular complexity index is 1260. The smallest absolute Gasteiger partial charge is 0.196 e. The van der Waals surface area contributed by atoms with Crippen molar-refractivity contribution >= 4 is 22.6 Å². The number of carbonyl (C=O) groups is 2. The molecule has 192 valence electrons. The van der Waals surface area contributed by atoms with Crippen LogP contribution in [0.25, 0.3) is 11.0 Å². The van der Waals surface area contributed by atoms with Crippen molar-refractivity contribution in [2.24, 2.45) is 0 Å². The molecule has 0 saturated heterocycles. The van der Waals surface area contributed by atoms with Crippen molar-refractivity contribution in [2.75, 3.05) is 14.1 Å². The van der Waals surface area contributed by atoms with E-state index in [1.165, 1.54) is 0 Å². The zero-order valence-corrected chi connectivity index (χ0v) is 22.4. The Morgan fingerprint density at radius 3 is 1.97 bits per heavy atom. The molecule has 0 amide bonds. The molecule has 4 rings (SSSR count). The van der Waals surface area contributed by atoms with Crippen molar-refractivity contribution in [2.45, 2.75) is 52.6 Å². The van der Waals surface area contributed by atoms with Gasteiger partial charge in [-0.15, -0.1) is 0 Å². The predicted octanol–water partition coefficient (Wildman–Crippen LogP) is 5.82. The Morgan fingerprint density at radius 2 is 1.36 bits per heavy atom. The Morgan fingerprint density at radius 1 is 0.778 bits per heavy atom. The number of hydrogen-bond acceptors (Lipinski definition) is 4.